The molecule has 2 heterocycles. The van der Waals surface area contributed by atoms with Crippen LogP contribution in [0, 0.1) is 17.5 Å². The summed E-state index contributed by atoms with van der Waals surface area (Å²) in [7, 11) is 0.950. The fourth-order valence-corrected chi connectivity index (χ4v) is 3.08. The third-order valence-electron chi connectivity index (χ3n) is 4.36. The number of nitrogens with zero attached hydrogens (tertiary/aromatic N) is 4. The Kier molecular flexibility index (Phi) is 5.47. The number of rotatable bonds is 5. The van der Waals surface area contributed by atoms with Crippen LogP contribution >= 0.6 is 11.6 Å². The van der Waals surface area contributed by atoms with Crippen molar-refractivity contribution in [2.24, 2.45) is 0 Å². The van der Waals surface area contributed by atoms with Gasteiger partial charge in [-0.25, -0.2) is 18.3 Å². The van der Waals surface area contributed by atoms with Crippen LogP contribution in [0.1, 0.15) is 16.1 Å². The maximum atomic E-state index is 14.2. The molecule has 0 aliphatic carbocycles. The first-order valence-electron chi connectivity index (χ1n) is 8.73. The topological polar surface area (TPSA) is 79.1 Å². The van der Waals surface area contributed by atoms with Crippen molar-refractivity contribution < 1.29 is 27.4 Å². The number of hydrogen-bond donors (Lipinski definition) is 0. The summed E-state index contributed by atoms with van der Waals surface area (Å²) in [4.78, 5) is 16.4. The second-order valence-corrected chi connectivity index (χ2v) is 6.73. The molecule has 0 aliphatic rings. The molecule has 0 radical (unpaired) electrons. The van der Waals surface area contributed by atoms with E-state index in [1.165, 1.54) is 10.9 Å². The van der Waals surface area contributed by atoms with E-state index in [2.05, 4.69) is 20.0 Å². The van der Waals surface area contributed by atoms with Crippen LogP contribution in [0.2, 0.25) is 5.02 Å². The highest BCUT2D eigenvalue weighted by atomic mass is 35.5. The van der Waals surface area contributed by atoms with Gasteiger partial charge in [0, 0.05) is 16.6 Å². The standard InChI is InChI=1S/C20H12ClF3N4O3/c1-30-19-17(23)13(7-14(22)18(19)24)20(29)31-9-11-8-28(27-26-11)16-4-5-25-15-6-10(21)2-3-12(15)16/h2-8H,9H2,1H3. The number of methoxy groups -OCH3 is 1. The summed E-state index contributed by atoms with van der Waals surface area (Å²) in [5.74, 6) is -6.57. The lowest BCUT2D eigenvalue weighted by Crippen LogP contribution is -2.11. The molecule has 0 bridgehead atoms. The predicted octanol–water partition coefficient (Wildman–Crippen LogP) is 4.25. The molecule has 2 aromatic heterocycles. The Hall–Kier alpha value is -3.66. The molecule has 158 valence electrons. The molecule has 31 heavy (non-hydrogen) atoms. The fourth-order valence-electron chi connectivity index (χ4n) is 2.91. The molecule has 0 amide bonds. The summed E-state index contributed by atoms with van der Waals surface area (Å²) in [6, 6.07) is 7.30. The quantitative estimate of drug-likeness (QED) is 0.335. The van der Waals surface area contributed by atoms with Crippen molar-refractivity contribution in [2.45, 2.75) is 6.61 Å². The van der Waals surface area contributed by atoms with Gasteiger partial charge >= 0.3 is 5.97 Å². The molecule has 0 fully saturated rings. The van der Waals surface area contributed by atoms with Gasteiger partial charge in [0.15, 0.2) is 17.4 Å². The van der Waals surface area contributed by atoms with Gasteiger partial charge in [0.25, 0.3) is 0 Å². The number of carbonyl (C=O) groups excluding carboxylic acids is 1. The van der Waals surface area contributed by atoms with Gasteiger partial charge in [0.2, 0.25) is 5.82 Å². The van der Waals surface area contributed by atoms with Crippen molar-refractivity contribution in [2.75, 3.05) is 7.11 Å². The van der Waals surface area contributed by atoms with Crippen molar-refractivity contribution >= 4 is 28.5 Å². The van der Waals surface area contributed by atoms with Crippen LogP contribution < -0.4 is 4.74 Å². The van der Waals surface area contributed by atoms with Crippen LogP contribution in [0.15, 0.2) is 42.7 Å². The van der Waals surface area contributed by atoms with Crippen molar-refractivity contribution in [3.8, 4) is 11.4 Å². The lowest BCUT2D eigenvalue weighted by Gasteiger charge is -2.09. The van der Waals surface area contributed by atoms with Gasteiger partial charge in [-0.1, -0.05) is 16.8 Å². The van der Waals surface area contributed by atoms with Crippen LogP contribution in [0.25, 0.3) is 16.6 Å². The normalized spacial score (nSPS) is 11.0. The van der Waals surface area contributed by atoms with Crippen molar-refractivity contribution in [1.29, 1.82) is 0 Å². The second kappa shape index (κ2) is 8.23. The maximum absolute atomic E-state index is 14.2. The molecule has 0 spiro atoms. The highest BCUT2D eigenvalue weighted by molar-refractivity contribution is 6.31. The maximum Gasteiger partial charge on any atom is 0.341 e. The third kappa shape index (κ3) is 3.89. The zero-order valence-corrected chi connectivity index (χ0v) is 16.5. The Balaban J connectivity index is 1.55. The van der Waals surface area contributed by atoms with Gasteiger partial charge in [-0.2, -0.15) is 4.39 Å². The molecular weight excluding hydrogens is 437 g/mol. The molecule has 0 atom stereocenters. The molecule has 0 unspecified atom stereocenters. The molecule has 2 aromatic carbocycles. The lowest BCUT2D eigenvalue weighted by atomic mass is 10.2. The van der Waals surface area contributed by atoms with Crippen LogP contribution in [0.5, 0.6) is 5.75 Å². The van der Waals surface area contributed by atoms with Gasteiger partial charge in [0.05, 0.1) is 24.5 Å². The minimum Gasteiger partial charge on any atom is -0.491 e. The fraction of sp³-hybridized carbons (Fsp3) is 0.100. The lowest BCUT2D eigenvalue weighted by molar-refractivity contribution is 0.0460. The van der Waals surface area contributed by atoms with Gasteiger partial charge in [-0.3, -0.25) is 4.98 Å². The van der Waals surface area contributed by atoms with E-state index in [0.29, 0.717) is 22.3 Å². The molecule has 0 N–H and O–H groups in total. The van der Waals surface area contributed by atoms with E-state index in [1.54, 1.807) is 30.5 Å². The van der Waals surface area contributed by atoms with Crippen LogP contribution in [-0.4, -0.2) is 33.1 Å². The number of esters is 1. The summed E-state index contributed by atoms with van der Waals surface area (Å²) in [5.41, 5.74) is 0.738. The Bertz CT molecular complexity index is 1310. The largest absolute Gasteiger partial charge is 0.491 e. The number of hydrogen-bond acceptors (Lipinski definition) is 6. The highest BCUT2D eigenvalue weighted by Crippen LogP contribution is 2.28. The monoisotopic (exact) mass is 448 g/mol. The molecule has 0 aliphatic heterocycles. The average Bonchev–Trinajstić information content (AvgIpc) is 3.23. The van der Waals surface area contributed by atoms with Crippen molar-refractivity contribution in [3.63, 3.8) is 0 Å². The molecule has 7 nitrogen and oxygen atoms in total. The van der Waals surface area contributed by atoms with E-state index in [9.17, 15) is 18.0 Å². The number of carbonyl (C=O) groups is 1. The number of halogens is 4. The van der Waals surface area contributed by atoms with E-state index in [1.807, 2.05) is 0 Å². The predicted molar refractivity (Wildman–Crippen MR) is 104 cm³/mol. The minimum atomic E-state index is -1.54. The van der Waals surface area contributed by atoms with E-state index in [-0.39, 0.29) is 12.3 Å². The van der Waals surface area contributed by atoms with Gasteiger partial charge in [-0.15, -0.1) is 5.10 Å². The Morgan fingerprint density at radius 2 is 1.97 bits per heavy atom. The summed E-state index contributed by atoms with van der Waals surface area (Å²) in [5, 5.41) is 9.19. The molecular formula is C20H12ClF3N4O3. The van der Waals surface area contributed by atoms with Crippen LogP contribution in [0.3, 0.4) is 0 Å². The number of pyridine rings is 1. The zero-order chi connectivity index (χ0) is 22.1. The first-order chi connectivity index (χ1) is 14.9. The SMILES string of the molecule is COc1c(F)c(F)cc(C(=O)OCc2cn(-c3ccnc4cc(Cl)ccc34)nn2)c1F. The van der Waals surface area contributed by atoms with Crippen molar-refractivity contribution in [3.05, 3.63) is 76.5 Å². The zero-order valence-electron chi connectivity index (χ0n) is 15.8. The average molecular weight is 449 g/mol. The van der Waals surface area contributed by atoms with Gasteiger partial charge in [0.1, 0.15) is 17.9 Å². The Morgan fingerprint density at radius 3 is 2.74 bits per heavy atom. The first-order valence-corrected chi connectivity index (χ1v) is 9.11. The second-order valence-electron chi connectivity index (χ2n) is 6.29. The van der Waals surface area contributed by atoms with Crippen LogP contribution in [-0.2, 0) is 11.3 Å². The number of fused-ring (bicyclic) bond motifs is 1. The third-order valence-corrected chi connectivity index (χ3v) is 4.60. The van der Waals surface area contributed by atoms with E-state index in [4.69, 9.17) is 16.3 Å². The summed E-state index contributed by atoms with van der Waals surface area (Å²) < 4.78 is 52.2. The molecule has 4 rings (SSSR count). The smallest absolute Gasteiger partial charge is 0.341 e. The Labute approximate surface area is 178 Å². The van der Waals surface area contributed by atoms with Crippen LogP contribution in [0.4, 0.5) is 13.2 Å². The molecule has 4 aromatic rings. The van der Waals surface area contributed by atoms with Gasteiger partial charge < -0.3 is 9.47 Å². The van der Waals surface area contributed by atoms with E-state index < -0.39 is 34.7 Å². The van der Waals surface area contributed by atoms with Gasteiger partial charge in [-0.05, 0) is 30.3 Å². The molecule has 0 saturated carbocycles. The molecule has 0 saturated heterocycles. The highest BCUT2D eigenvalue weighted by Gasteiger charge is 2.24. The van der Waals surface area contributed by atoms with E-state index in [0.717, 1.165) is 12.5 Å². The summed E-state index contributed by atoms with van der Waals surface area (Å²) >= 11 is 5.99. The number of ether oxygens (including phenoxy) is 2. The van der Waals surface area contributed by atoms with E-state index >= 15 is 0 Å². The first kappa shape index (κ1) is 20.6. The van der Waals surface area contributed by atoms with Crippen molar-refractivity contribution in [1.82, 2.24) is 20.0 Å². The number of aromatic nitrogens is 4. The summed E-state index contributed by atoms with van der Waals surface area (Å²) in [6.45, 7) is -0.381. The Morgan fingerprint density at radius 1 is 1.16 bits per heavy atom. The summed E-state index contributed by atoms with van der Waals surface area (Å²) in [6.07, 6.45) is 3.08. The minimum absolute atomic E-state index is 0.238. The number of benzene rings is 2. The molecule has 11 heteroatoms.